The summed E-state index contributed by atoms with van der Waals surface area (Å²) in [4.78, 5) is 39.4. The van der Waals surface area contributed by atoms with Crippen molar-refractivity contribution in [1.82, 2.24) is 9.80 Å². The van der Waals surface area contributed by atoms with Crippen LogP contribution in [0.3, 0.4) is 0 Å². The van der Waals surface area contributed by atoms with Crippen LogP contribution in [0.25, 0.3) is 0 Å². The van der Waals surface area contributed by atoms with Gasteiger partial charge in [-0.1, -0.05) is 6.92 Å². The first-order valence-corrected chi connectivity index (χ1v) is 8.57. The molecule has 2 saturated heterocycles. The minimum Gasteiger partial charge on any atom is -0.478 e. The van der Waals surface area contributed by atoms with Gasteiger partial charge in [-0.15, -0.1) is 0 Å². The number of piperazine rings is 1. The number of carbonyl (C=O) groups is 3. The molecule has 2 amide bonds. The van der Waals surface area contributed by atoms with E-state index >= 15 is 0 Å². The zero-order chi connectivity index (χ0) is 18.0. The molecule has 0 aliphatic carbocycles. The van der Waals surface area contributed by atoms with Crippen LogP contribution in [0.1, 0.15) is 46.4 Å². The lowest BCUT2D eigenvalue weighted by Gasteiger charge is -2.35. The van der Waals surface area contributed by atoms with E-state index in [1.807, 2.05) is 0 Å². The van der Waals surface area contributed by atoms with Crippen LogP contribution in [-0.2, 0) is 16.0 Å². The van der Waals surface area contributed by atoms with Gasteiger partial charge in [0.05, 0.1) is 0 Å². The van der Waals surface area contributed by atoms with Crippen molar-refractivity contribution in [3.63, 3.8) is 0 Å². The van der Waals surface area contributed by atoms with Gasteiger partial charge in [0, 0.05) is 45.3 Å². The highest BCUT2D eigenvalue weighted by Crippen LogP contribution is 2.20. The number of carbonyl (C=O) groups excluding carboxylic acids is 2. The molecule has 8 heteroatoms. The molecule has 2 aliphatic rings. The summed E-state index contributed by atoms with van der Waals surface area (Å²) < 4.78 is 10.8. The summed E-state index contributed by atoms with van der Waals surface area (Å²) in [6, 6.07) is 1.29. The predicted octanol–water partition coefficient (Wildman–Crippen LogP) is 1.00. The third-order valence-corrected chi connectivity index (χ3v) is 4.65. The number of nitrogens with zero attached hydrogens (tertiary/aromatic N) is 2. The van der Waals surface area contributed by atoms with E-state index in [9.17, 15) is 14.4 Å². The van der Waals surface area contributed by atoms with Crippen molar-refractivity contribution >= 4 is 17.8 Å². The molecule has 0 bridgehead atoms. The number of amides is 2. The van der Waals surface area contributed by atoms with Crippen LogP contribution < -0.4 is 0 Å². The van der Waals surface area contributed by atoms with Gasteiger partial charge < -0.3 is 24.1 Å². The fourth-order valence-electron chi connectivity index (χ4n) is 3.24. The molecule has 0 radical (unpaired) electrons. The van der Waals surface area contributed by atoms with Gasteiger partial charge in [0.15, 0.2) is 5.76 Å². The lowest BCUT2D eigenvalue weighted by Crippen LogP contribution is -2.52. The van der Waals surface area contributed by atoms with E-state index in [0.717, 1.165) is 12.8 Å². The monoisotopic (exact) mass is 350 g/mol. The number of rotatable bonds is 4. The first-order chi connectivity index (χ1) is 12.0. The van der Waals surface area contributed by atoms with Gasteiger partial charge in [0.1, 0.15) is 17.4 Å². The first kappa shape index (κ1) is 17.5. The van der Waals surface area contributed by atoms with Crippen LogP contribution in [0.4, 0.5) is 0 Å². The lowest BCUT2D eigenvalue weighted by atomic mass is 10.2. The molecule has 3 rings (SSSR count). The van der Waals surface area contributed by atoms with E-state index in [1.165, 1.54) is 6.07 Å². The predicted molar refractivity (Wildman–Crippen MR) is 86.5 cm³/mol. The molecule has 2 fully saturated rings. The van der Waals surface area contributed by atoms with Crippen molar-refractivity contribution in [2.75, 3.05) is 32.8 Å². The molecule has 1 aromatic rings. The van der Waals surface area contributed by atoms with E-state index in [4.69, 9.17) is 14.3 Å². The summed E-state index contributed by atoms with van der Waals surface area (Å²) in [5, 5.41) is 9.16. The van der Waals surface area contributed by atoms with Crippen molar-refractivity contribution < 1.29 is 28.6 Å². The molecular weight excluding hydrogens is 328 g/mol. The second kappa shape index (κ2) is 7.26. The molecule has 25 heavy (non-hydrogen) atoms. The molecule has 1 atom stereocenters. The zero-order valence-electron chi connectivity index (χ0n) is 14.2. The Morgan fingerprint density at radius 1 is 1.20 bits per heavy atom. The molecule has 3 heterocycles. The Bertz CT molecular complexity index is 669. The van der Waals surface area contributed by atoms with E-state index in [0.29, 0.717) is 45.0 Å². The normalized spacial score (nSPS) is 20.8. The quantitative estimate of drug-likeness (QED) is 0.870. The number of hydrogen-bond acceptors (Lipinski definition) is 5. The first-order valence-electron chi connectivity index (χ1n) is 8.57. The Labute approximate surface area is 145 Å². The maximum absolute atomic E-state index is 12.5. The highest BCUT2D eigenvalue weighted by molar-refractivity contribution is 5.96. The summed E-state index contributed by atoms with van der Waals surface area (Å²) in [5.41, 5.74) is 0.0260. The Balaban J connectivity index is 1.61. The molecule has 136 valence electrons. The van der Waals surface area contributed by atoms with Crippen molar-refractivity contribution in [3.8, 4) is 0 Å². The van der Waals surface area contributed by atoms with Gasteiger partial charge in [-0.2, -0.15) is 0 Å². The van der Waals surface area contributed by atoms with Crippen LogP contribution >= 0.6 is 0 Å². The van der Waals surface area contributed by atoms with Crippen LogP contribution in [0.2, 0.25) is 0 Å². The number of carboxylic acids is 1. The molecule has 1 N–H and O–H groups in total. The van der Waals surface area contributed by atoms with Gasteiger partial charge in [-0.25, -0.2) is 4.79 Å². The van der Waals surface area contributed by atoms with Gasteiger partial charge in [0.25, 0.3) is 11.8 Å². The third kappa shape index (κ3) is 3.53. The SMILES string of the molecule is CCc1oc(C(=O)N2CCN(C(=O)C3CCCO3)CC2)cc1C(=O)O. The highest BCUT2D eigenvalue weighted by atomic mass is 16.5. The zero-order valence-corrected chi connectivity index (χ0v) is 14.2. The van der Waals surface area contributed by atoms with Crippen LogP contribution in [-0.4, -0.2) is 71.6 Å². The number of furan rings is 1. The average Bonchev–Trinajstić information content (AvgIpc) is 3.30. The van der Waals surface area contributed by atoms with Gasteiger partial charge in [0.2, 0.25) is 0 Å². The minimum absolute atomic E-state index is 0.0102. The van der Waals surface area contributed by atoms with E-state index < -0.39 is 5.97 Å². The summed E-state index contributed by atoms with van der Waals surface area (Å²) >= 11 is 0. The second-order valence-electron chi connectivity index (χ2n) is 6.23. The molecule has 0 saturated carbocycles. The summed E-state index contributed by atoms with van der Waals surface area (Å²) in [6.45, 7) is 4.06. The largest absolute Gasteiger partial charge is 0.478 e. The topological polar surface area (TPSA) is 100 Å². The smallest absolute Gasteiger partial charge is 0.339 e. The summed E-state index contributed by atoms with van der Waals surface area (Å²) in [7, 11) is 0. The molecule has 0 spiro atoms. The number of aryl methyl sites for hydroxylation is 1. The average molecular weight is 350 g/mol. The van der Waals surface area contributed by atoms with E-state index in [2.05, 4.69) is 0 Å². The maximum atomic E-state index is 12.5. The Kier molecular flexibility index (Phi) is 5.08. The summed E-state index contributed by atoms with van der Waals surface area (Å²) in [5.74, 6) is -1.13. The van der Waals surface area contributed by atoms with E-state index in [-0.39, 0.29) is 29.2 Å². The molecular formula is C17H22N2O6. The van der Waals surface area contributed by atoms with Crippen molar-refractivity contribution in [2.45, 2.75) is 32.3 Å². The summed E-state index contributed by atoms with van der Waals surface area (Å²) in [6.07, 6.45) is 1.71. The van der Waals surface area contributed by atoms with Crippen LogP contribution in [0.15, 0.2) is 10.5 Å². The Morgan fingerprint density at radius 3 is 2.40 bits per heavy atom. The molecule has 1 aromatic heterocycles. The van der Waals surface area contributed by atoms with Crippen molar-refractivity contribution in [2.24, 2.45) is 0 Å². The standard InChI is InChI=1S/C17H22N2O6/c1-2-12-11(17(22)23)10-14(25-12)16(21)19-7-5-18(6-8-19)15(20)13-4-3-9-24-13/h10,13H,2-9H2,1H3,(H,22,23). The van der Waals surface area contributed by atoms with Gasteiger partial charge in [-0.3, -0.25) is 9.59 Å². The number of aromatic carboxylic acids is 1. The van der Waals surface area contributed by atoms with Crippen LogP contribution in [0.5, 0.6) is 0 Å². The van der Waals surface area contributed by atoms with Gasteiger partial charge >= 0.3 is 5.97 Å². The molecule has 8 nitrogen and oxygen atoms in total. The highest BCUT2D eigenvalue weighted by Gasteiger charge is 2.32. The van der Waals surface area contributed by atoms with Crippen molar-refractivity contribution in [1.29, 1.82) is 0 Å². The Hall–Kier alpha value is -2.35. The minimum atomic E-state index is -1.10. The van der Waals surface area contributed by atoms with Gasteiger partial charge in [-0.05, 0) is 12.8 Å². The number of carboxylic acid groups (broad SMARTS) is 1. The van der Waals surface area contributed by atoms with Crippen LogP contribution in [0, 0.1) is 0 Å². The molecule has 2 aliphatic heterocycles. The lowest BCUT2D eigenvalue weighted by molar-refractivity contribution is -0.142. The maximum Gasteiger partial charge on any atom is 0.339 e. The fourth-order valence-corrected chi connectivity index (χ4v) is 3.24. The van der Waals surface area contributed by atoms with Crippen molar-refractivity contribution in [3.05, 3.63) is 23.2 Å². The second-order valence-corrected chi connectivity index (χ2v) is 6.23. The Morgan fingerprint density at radius 2 is 1.88 bits per heavy atom. The molecule has 0 aromatic carbocycles. The van der Waals surface area contributed by atoms with E-state index in [1.54, 1.807) is 16.7 Å². The number of hydrogen-bond donors (Lipinski definition) is 1. The fraction of sp³-hybridized carbons (Fsp3) is 0.588. The number of ether oxygens (including phenoxy) is 1. The third-order valence-electron chi connectivity index (χ3n) is 4.65. The molecule has 1 unspecified atom stereocenters.